The van der Waals surface area contributed by atoms with Crippen molar-refractivity contribution < 1.29 is 28.9 Å². The van der Waals surface area contributed by atoms with Gasteiger partial charge in [-0.3, -0.25) is 9.59 Å². The van der Waals surface area contributed by atoms with E-state index in [-0.39, 0.29) is 24.0 Å². The maximum absolute atomic E-state index is 12.0. The first-order valence-corrected chi connectivity index (χ1v) is 10.3. The molecule has 0 aromatic heterocycles. The Balaban J connectivity index is 1.15. The number of ether oxygens (including phenoxy) is 3. The summed E-state index contributed by atoms with van der Waals surface area (Å²) < 4.78 is 16.1. The van der Waals surface area contributed by atoms with Crippen LogP contribution in [-0.2, 0) is 23.8 Å². The van der Waals surface area contributed by atoms with E-state index in [1.54, 1.807) is 0 Å². The molecule has 1 saturated heterocycles. The fourth-order valence-electron chi connectivity index (χ4n) is 4.15. The Bertz CT molecular complexity index is 479. The minimum absolute atomic E-state index is 0.00651. The SMILES string of the molecule is O=C(CCCCCOC(=O)C1CCC2OC2C1)OCC1CCCC(O)C1. The quantitative estimate of drug-likeness (QED) is 0.383. The number of epoxide rings is 1. The number of esters is 2. The van der Waals surface area contributed by atoms with Gasteiger partial charge in [0.05, 0.1) is 37.4 Å². The van der Waals surface area contributed by atoms with Crippen molar-refractivity contribution in [2.45, 2.75) is 88.9 Å². The average molecular weight is 368 g/mol. The van der Waals surface area contributed by atoms with Gasteiger partial charge in [0.15, 0.2) is 0 Å². The molecule has 0 radical (unpaired) electrons. The summed E-state index contributed by atoms with van der Waals surface area (Å²) in [6.07, 6.45) is 9.58. The molecule has 6 heteroatoms. The predicted molar refractivity (Wildman–Crippen MR) is 94.4 cm³/mol. The summed E-state index contributed by atoms with van der Waals surface area (Å²) in [4.78, 5) is 23.8. The molecule has 2 aliphatic carbocycles. The smallest absolute Gasteiger partial charge is 0.309 e. The Morgan fingerprint density at radius 1 is 0.962 bits per heavy atom. The third kappa shape index (κ3) is 6.23. The van der Waals surface area contributed by atoms with Crippen LogP contribution in [0.4, 0.5) is 0 Å². The lowest BCUT2D eigenvalue weighted by molar-refractivity contribution is -0.150. The number of hydrogen-bond acceptors (Lipinski definition) is 6. The zero-order valence-corrected chi connectivity index (χ0v) is 15.6. The maximum atomic E-state index is 12.0. The summed E-state index contributed by atoms with van der Waals surface area (Å²) in [7, 11) is 0. The molecule has 0 bridgehead atoms. The summed E-state index contributed by atoms with van der Waals surface area (Å²) in [5, 5.41) is 9.62. The second-order valence-corrected chi connectivity index (χ2v) is 8.07. The highest BCUT2D eigenvalue weighted by Gasteiger charge is 2.46. The van der Waals surface area contributed by atoms with Crippen LogP contribution in [0.2, 0.25) is 0 Å². The van der Waals surface area contributed by atoms with Crippen LogP contribution in [0.3, 0.4) is 0 Å². The maximum Gasteiger partial charge on any atom is 0.309 e. The van der Waals surface area contributed by atoms with E-state index in [0.29, 0.717) is 37.8 Å². The molecule has 5 atom stereocenters. The molecule has 1 heterocycles. The van der Waals surface area contributed by atoms with Crippen LogP contribution >= 0.6 is 0 Å². The Hall–Kier alpha value is -1.14. The van der Waals surface area contributed by atoms with Gasteiger partial charge in [0.2, 0.25) is 0 Å². The van der Waals surface area contributed by atoms with E-state index in [2.05, 4.69) is 0 Å². The molecule has 3 aliphatic rings. The monoisotopic (exact) mass is 368 g/mol. The molecule has 2 saturated carbocycles. The number of unbranched alkanes of at least 4 members (excludes halogenated alkanes) is 2. The molecule has 148 valence electrons. The van der Waals surface area contributed by atoms with Gasteiger partial charge < -0.3 is 19.3 Å². The Morgan fingerprint density at radius 3 is 2.65 bits per heavy atom. The first kappa shape index (κ1) is 19.6. The highest BCUT2D eigenvalue weighted by Crippen LogP contribution is 2.39. The van der Waals surface area contributed by atoms with Gasteiger partial charge in [0, 0.05) is 6.42 Å². The summed E-state index contributed by atoms with van der Waals surface area (Å²) in [6, 6.07) is 0. The van der Waals surface area contributed by atoms with E-state index in [1.807, 2.05) is 0 Å². The molecule has 0 aromatic rings. The van der Waals surface area contributed by atoms with Crippen molar-refractivity contribution in [1.29, 1.82) is 0 Å². The second-order valence-electron chi connectivity index (χ2n) is 8.07. The molecule has 5 unspecified atom stereocenters. The van der Waals surface area contributed by atoms with Gasteiger partial charge in [0.25, 0.3) is 0 Å². The number of carbonyl (C=O) groups excluding carboxylic acids is 2. The molecule has 3 fully saturated rings. The minimum Gasteiger partial charge on any atom is -0.465 e. The van der Waals surface area contributed by atoms with Crippen LogP contribution in [0, 0.1) is 11.8 Å². The molecule has 1 N–H and O–H groups in total. The first-order valence-electron chi connectivity index (χ1n) is 10.3. The van der Waals surface area contributed by atoms with Crippen molar-refractivity contribution in [1.82, 2.24) is 0 Å². The van der Waals surface area contributed by atoms with Crippen LogP contribution in [0.5, 0.6) is 0 Å². The molecule has 1 aliphatic heterocycles. The number of fused-ring (bicyclic) bond motifs is 1. The third-order valence-corrected chi connectivity index (χ3v) is 5.84. The van der Waals surface area contributed by atoms with Crippen LogP contribution in [0.15, 0.2) is 0 Å². The number of carbonyl (C=O) groups is 2. The number of aliphatic hydroxyl groups excluding tert-OH is 1. The lowest BCUT2D eigenvalue weighted by atomic mass is 9.88. The Labute approximate surface area is 155 Å². The largest absolute Gasteiger partial charge is 0.465 e. The van der Waals surface area contributed by atoms with E-state index in [4.69, 9.17) is 14.2 Å². The molecular weight excluding hydrogens is 336 g/mol. The van der Waals surface area contributed by atoms with Crippen molar-refractivity contribution in [2.75, 3.05) is 13.2 Å². The Kier molecular flexibility index (Phi) is 7.32. The van der Waals surface area contributed by atoms with Crippen molar-refractivity contribution in [3.8, 4) is 0 Å². The van der Waals surface area contributed by atoms with E-state index in [9.17, 15) is 14.7 Å². The van der Waals surface area contributed by atoms with Gasteiger partial charge in [-0.2, -0.15) is 0 Å². The second kappa shape index (κ2) is 9.70. The lowest BCUT2D eigenvalue weighted by Crippen LogP contribution is -2.24. The van der Waals surface area contributed by atoms with E-state index in [1.165, 1.54) is 0 Å². The molecule has 26 heavy (non-hydrogen) atoms. The summed E-state index contributed by atoms with van der Waals surface area (Å²) in [5.41, 5.74) is 0. The summed E-state index contributed by atoms with van der Waals surface area (Å²) in [6.45, 7) is 0.861. The van der Waals surface area contributed by atoms with Crippen LogP contribution in [-0.4, -0.2) is 48.6 Å². The lowest BCUT2D eigenvalue weighted by Gasteiger charge is -2.25. The highest BCUT2D eigenvalue weighted by atomic mass is 16.6. The van der Waals surface area contributed by atoms with Gasteiger partial charge in [-0.1, -0.05) is 6.42 Å². The summed E-state index contributed by atoms with van der Waals surface area (Å²) in [5.74, 6) is 0.0570. The van der Waals surface area contributed by atoms with Crippen molar-refractivity contribution >= 4 is 11.9 Å². The van der Waals surface area contributed by atoms with Crippen LogP contribution in [0.25, 0.3) is 0 Å². The predicted octanol–water partition coefficient (Wildman–Crippen LogP) is 2.75. The van der Waals surface area contributed by atoms with Gasteiger partial charge in [-0.25, -0.2) is 0 Å². The highest BCUT2D eigenvalue weighted by molar-refractivity contribution is 5.72. The molecule has 3 rings (SSSR count). The Morgan fingerprint density at radius 2 is 1.85 bits per heavy atom. The normalized spacial score (nSPS) is 33.2. The molecule has 0 spiro atoms. The standard InChI is InChI=1S/C20H32O6/c21-16-6-4-5-14(11-16)13-25-19(22)7-2-1-3-10-24-20(23)15-8-9-17-18(12-15)26-17/h14-18,21H,1-13H2. The fourth-order valence-corrected chi connectivity index (χ4v) is 4.15. The van der Waals surface area contributed by atoms with Crippen molar-refractivity contribution in [3.05, 3.63) is 0 Å². The topological polar surface area (TPSA) is 85.4 Å². The average Bonchev–Trinajstić information content (AvgIpc) is 3.41. The zero-order valence-electron chi connectivity index (χ0n) is 15.6. The van der Waals surface area contributed by atoms with E-state index < -0.39 is 0 Å². The van der Waals surface area contributed by atoms with Gasteiger partial charge in [-0.15, -0.1) is 0 Å². The third-order valence-electron chi connectivity index (χ3n) is 5.84. The van der Waals surface area contributed by atoms with Crippen molar-refractivity contribution in [2.24, 2.45) is 11.8 Å². The number of aliphatic hydroxyl groups is 1. The van der Waals surface area contributed by atoms with E-state index >= 15 is 0 Å². The molecule has 6 nitrogen and oxygen atoms in total. The van der Waals surface area contributed by atoms with Gasteiger partial charge in [-0.05, 0) is 63.7 Å². The number of rotatable bonds is 9. The molecule has 0 aromatic carbocycles. The van der Waals surface area contributed by atoms with Gasteiger partial charge in [0.1, 0.15) is 0 Å². The van der Waals surface area contributed by atoms with Crippen LogP contribution in [0.1, 0.15) is 70.6 Å². The zero-order chi connectivity index (χ0) is 18.4. The van der Waals surface area contributed by atoms with E-state index in [0.717, 1.165) is 64.2 Å². The van der Waals surface area contributed by atoms with Crippen molar-refractivity contribution in [3.63, 3.8) is 0 Å². The van der Waals surface area contributed by atoms with Gasteiger partial charge >= 0.3 is 11.9 Å². The minimum atomic E-state index is -0.234. The molecule has 0 amide bonds. The molecular formula is C20H32O6. The number of hydrogen-bond donors (Lipinski definition) is 1. The van der Waals surface area contributed by atoms with Crippen LogP contribution < -0.4 is 0 Å². The summed E-state index contributed by atoms with van der Waals surface area (Å²) >= 11 is 0. The fraction of sp³-hybridized carbons (Fsp3) is 0.900. The first-order chi connectivity index (χ1) is 12.6.